The average Bonchev–Trinajstić information content (AvgIpc) is 2.50. The van der Waals surface area contributed by atoms with Crippen LogP contribution >= 0.6 is 0 Å². The van der Waals surface area contributed by atoms with Gasteiger partial charge in [0.1, 0.15) is 0 Å². The molecule has 0 radical (unpaired) electrons. The van der Waals surface area contributed by atoms with Gasteiger partial charge in [0.25, 0.3) is 0 Å². The maximum absolute atomic E-state index is 9.65. The first-order valence-corrected chi connectivity index (χ1v) is 7.26. The third kappa shape index (κ3) is 4.23. The van der Waals surface area contributed by atoms with Gasteiger partial charge in [-0.05, 0) is 36.7 Å². The van der Waals surface area contributed by atoms with Gasteiger partial charge in [0, 0.05) is 13.1 Å². The molecule has 3 nitrogen and oxygen atoms in total. The summed E-state index contributed by atoms with van der Waals surface area (Å²) in [4.78, 5) is 2.36. The zero-order chi connectivity index (χ0) is 15.2. The first-order chi connectivity index (χ1) is 10.1. The summed E-state index contributed by atoms with van der Waals surface area (Å²) in [6.07, 6.45) is 0. The van der Waals surface area contributed by atoms with E-state index in [0.29, 0.717) is 5.75 Å². The van der Waals surface area contributed by atoms with Crippen LogP contribution in [0, 0.1) is 6.92 Å². The summed E-state index contributed by atoms with van der Waals surface area (Å²) < 4.78 is 5.16. The highest BCUT2D eigenvalue weighted by atomic mass is 16.5. The zero-order valence-corrected chi connectivity index (χ0v) is 13.0. The van der Waals surface area contributed by atoms with Gasteiger partial charge in [-0.1, -0.05) is 42.8 Å². The first kappa shape index (κ1) is 15.4. The van der Waals surface area contributed by atoms with Crippen LogP contribution in [0.15, 0.2) is 42.5 Å². The Bertz CT molecular complexity index is 578. The van der Waals surface area contributed by atoms with Gasteiger partial charge in [0.2, 0.25) is 0 Å². The van der Waals surface area contributed by atoms with E-state index in [1.54, 1.807) is 13.2 Å². The van der Waals surface area contributed by atoms with Crippen LogP contribution in [0.5, 0.6) is 11.5 Å². The SMILES string of the molecule is CCN(Cc1ccc(C)cc1)Cc1ccc(O)c(OC)c1. The molecule has 3 heteroatoms. The van der Waals surface area contributed by atoms with Gasteiger partial charge < -0.3 is 9.84 Å². The number of benzene rings is 2. The Morgan fingerprint density at radius 2 is 1.62 bits per heavy atom. The predicted octanol–water partition coefficient (Wildman–Crippen LogP) is 3.73. The topological polar surface area (TPSA) is 32.7 Å². The molecule has 0 aliphatic rings. The Labute approximate surface area is 126 Å². The quantitative estimate of drug-likeness (QED) is 0.877. The number of aromatic hydroxyl groups is 1. The molecule has 2 aromatic carbocycles. The van der Waals surface area contributed by atoms with Gasteiger partial charge >= 0.3 is 0 Å². The molecule has 0 atom stereocenters. The Hall–Kier alpha value is -2.00. The van der Waals surface area contributed by atoms with Crippen LogP contribution < -0.4 is 4.74 Å². The predicted molar refractivity (Wildman–Crippen MR) is 85.6 cm³/mol. The molecule has 1 N–H and O–H groups in total. The smallest absolute Gasteiger partial charge is 0.160 e. The van der Waals surface area contributed by atoms with Crippen LogP contribution in [0.3, 0.4) is 0 Å². The highest BCUT2D eigenvalue weighted by molar-refractivity contribution is 5.41. The standard InChI is InChI=1S/C18H23NO2/c1-4-19(12-15-7-5-14(2)6-8-15)13-16-9-10-17(20)18(11-16)21-3/h5-11,20H,4,12-13H2,1-3H3. The summed E-state index contributed by atoms with van der Waals surface area (Å²) in [6.45, 7) is 6.98. The van der Waals surface area contributed by atoms with Crippen molar-refractivity contribution in [3.8, 4) is 11.5 Å². The minimum Gasteiger partial charge on any atom is -0.504 e. The summed E-state index contributed by atoms with van der Waals surface area (Å²) in [5.41, 5.74) is 3.73. The van der Waals surface area contributed by atoms with Gasteiger partial charge in [-0.15, -0.1) is 0 Å². The second kappa shape index (κ2) is 7.14. The largest absolute Gasteiger partial charge is 0.504 e. The molecule has 0 aliphatic heterocycles. The van der Waals surface area contributed by atoms with Crippen molar-refractivity contribution >= 4 is 0 Å². The van der Waals surface area contributed by atoms with Crippen molar-refractivity contribution in [3.05, 3.63) is 59.2 Å². The van der Waals surface area contributed by atoms with Gasteiger partial charge in [-0.3, -0.25) is 4.90 Å². The van der Waals surface area contributed by atoms with E-state index in [4.69, 9.17) is 4.74 Å². The lowest BCUT2D eigenvalue weighted by molar-refractivity contribution is 0.270. The number of rotatable bonds is 6. The third-order valence-corrected chi connectivity index (χ3v) is 3.62. The van der Waals surface area contributed by atoms with Crippen LogP contribution in [-0.4, -0.2) is 23.7 Å². The molecule has 0 bridgehead atoms. The molecule has 0 spiro atoms. The van der Waals surface area contributed by atoms with E-state index in [9.17, 15) is 5.11 Å². The Balaban J connectivity index is 2.06. The molecule has 0 aromatic heterocycles. The van der Waals surface area contributed by atoms with Crippen molar-refractivity contribution < 1.29 is 9.84 Å². The summed E-state index contributed by atoms with van der Waals surface area (Å²) in [5, 5.41) is 9.65. The number of nitrogens with zero attached hydrogens (tertiary/aromatic N) is 1. The number of hydrogen-bond acceptors (Lipinski definition) is 3. The molecule has 0 heterocycles. The zero-order valence-electron chi connectivity index (χ0n) is 13.0. The second-order valence-electron chi connectivity index (χ2n) is 5.30. The van der Waals surface area contributed by atoms with Crippen LogP contribution in [-0.2, 0) is 13.1 Å². The number of ether oxygens (including phenoxy) is 1. The summed E-state index contributed by atoms with van der Waals surface area (Å²) in [5.74, 6) is 0.710. The molecule has 2 aromatic rings. The first-order valence-electron chi connectivity index (χ1n) is 7.26. The molecule has 0 amide bonds. The van der Waals surface area contributed by atoms with Crippen molar-refractivity contribution in [1.82, 2.24) is 4.90 Å². The van der Waals surface area contributed by atoms with Crippen LogP contribution in [0.4, 0.5) is 0 Å². The number of phenols is 1. The average molecular weight is 285 g/mol. The highest BCUT2D eigenvalue weighted by Crippen LogP contribution is 2.27. The number of methoxy groups -OCH3 is 1. The molecule has 0 aliphatic carbocycles. The van der Waals surface area contributed by atoms with Crippen molar-refractivity contribution in [2.75, 3.05) is 13.7 Å². The van der Waals surface area contributed by atoms with Crippen molar-refractivity contribution in [2.24, 2.45) is 0 Å². The Kier molecular flexibility index (Phi) is 5.23. The number of aryl methyl sites for hydroxylation is 1. The molecule has 0 fully saturated rings. The van der Waals surface area contributed by atoms with Crippen LogP contribution in [0.2, 0.25) is 0 Å². The minimum atomic E-state index is 0.183. The van der Waals surface area contributed by atoms with Gasteiger partial charge in [0.05, 0.1) is 7.11 Å². The maximum atomic E-state index is 9.65. The van der Waals surface area contributed by atoms with E-state index in [0.717, 1.165) is 25.2 Å². The van der Waals surface area contributed by atoms with E-state index in [1.165, 1.54) is 11.1 Å². The normalized spacial score (nSPS) is 10.9. The van der Waals surface area contributed by atoms with Crippen LogP contribution in [0.25, 0.3) is 0 Å². The lowest BCUT2D eigenvalue weighted by Crippen LogP contribution is -2.22. The Morgan fingerprint density at radius 3 is 2.24 bits per heavy atom. The fourth-order valence-electron chi connectivity index (χ4n) is 2.31. The van der Waals surface area contributed by atoms with Crippen molar-refractivity contribution in [2.45, 2.75) is 26.9 Å². The molecule has 0 saturated heterocycles. The van der Waals surface area contributed by atoms with Crippen molar-refractivity contribution in [1.29, 1.82) is 0 Å². The highest BCUT2D eigenvalue weighted by Gasteiger charge is 2.08. The Morgan fingerprint density at radius 1 is 1.00 bits per heavy atom. The monoisotopic (exact) mass is 285 g/mol. The number of phenolic OH excluding ortho intramolecular Hbond substituents is 1. The molecule has 0 unspecified atom stereocenters. The fourth-order valence-corrected chi connectivity index (χ4v) is 2.31. The molecular formula is C18H23NO2. The van der Waals surface area contributed by atoms with Gasteiger partial charge in [-0.25, -0.2) is 0 Å². The third-order valence-electron chi connectivity index (χ3n) is 3.62. The van der Waals surface area contributed by atoms with E-state index < -0.39 is 0 Å². The molecule has 0 saturated carbocycles. The molecule has 21 heavy (non-hydrogen) atoms. The van der Waals surface area contributed by atoms with Crippen LogP contribution in [0.1, 0.15) is 23.6 Å². The fraction of sp³-hybridized carbons (Fsp3) is 0.333. The number of hydrogen-bond donors (Lipinski definition) is 1. The van der Waals surface area contributed by atoms with Crippen molar-refractivity contribution in [3.63, 3.8) is 0 Å². The lowest BCUT2D eigenvalue weighted by Gasteiger charge is -2.21. The van der Waals surface area contributed by atoms with Gasteiger partial charge in [-0.2, -0.15) is 0 Å². The summed E-state index contributed by atoms with van der Waals surface area (Å²) >= 11 is 0. The second-order valence-corrected chi connectivity index (χ2v) is 5.30. The molecular weight excluding hydrogens is 262 g/mol. The van der Waals surface area contributed by atoms with E-state index in [2.05, 4.69) is 43.0 Å². The maximum Gasteiger partial charge on any atom is 0.160 e. The molecule has 112 valence electrons. The van der Waals surface area contributed by atoms with E-state index in [1.807, 2.05) is 12.1 Å². The lowest BCUT2D eigenvalue weighted by atomic mass is 10.1. The van der Waals surface area contributed by atoms with E-state index in [-0.39, 0.29) is 5.75 Å². The summed E-state index contributed by atoms with van der Waals surface area (Å²) in [6, 6.07) is 14.2. The van der Waals surface area contributed by atoms with E-state index >= 15 is 0 Å². The van der Waals surface area contributed by atoms with Gasteiger partial charge in [0.15, 0.2) is 11.5 Å². The minimum absolute atomic E-state index is 0.183. The summed E-state index contributed by atoms with van der Waals surface area (Å²) in [7, 11) is 1.57. The molecule has 2 rings (SSSR count).